The standard InChI is InChI=1S/C24H12BCl8.C18H40P2.C7H8.Rh/c26-17-1-13(2-18(27)9-17)25(14-3-19(28)10-20(29)4-14,15-5-21(30)11-22(31)6-15)16-7-23(32)12-24(33)8-16;1-15(2)11-19(12-16(3)4)9-10-20(13-17(5)6)14-18(7)8;1-2-7-4-3-6(1)5-7;/h1-12H;15-18H,9-14H2,1-8H3;1-4,6-7H,5H2;/q-1;;;/p+2. The topological polar surface area (TPSA) is 0 Å². The molecule has 2 aliphatic carbocycles. The second-order valence-corrected chi connectivity index (χ2v) is 27.5. The summed E-state index contributed by atoms with van der Waals surface area (Å²) in [5.41, 5.74) is 3.12. The molecule has 4 aromatic rings. The zero-order chi connectivity index (χ0) is 44.3. The maximum atomic E-state index is 6.48. The Balaban J connectivity index is 0.000000299. The third kappa shape index (κ3) is 17.8. The molecule has 0 atom stereocenters. The maximum absolute atomic E-state index is 6.48. The Labute approximate surface area is 423 Å². The molecule has 1 radical (unpaired) electrons. The summed E-state index contributed by atoms with van der Waals surface area (Å²) in [6, 6.07) is 21.4. The molecule has 61 heavy (non-hydrogen) atoms. The average Bonchev–Trinajstić information content (AvgIpc) is 3.76. The van der Waals surface area contributed by atoms with Crippen molar-refractivity contribution >= 4 is 137 Å². The van der Waals surface area contributed by atoms with Crippen LogP contribution in [0.1, 0.15) is 61.8 Å². The number of hydrogen-bond acceptors (Lipinski definition) is 0. The molecule has 12 heteroatoms. The monoisotopic (exact) mass is 1110 g/mol. The first-order valence-corrected chi connectivity index (χ1v) is 28.6. The van der Waals surface area contributed by atoms with Crippen LogP contribution in [0.3, 0.4) is 0 Å². The summed E-state index contributed by atoms with van der Waals surface area (Å²) in [5.74, 6) is 5.26. The van der Waals surface area contributed by atoms with Crippen LogP contribution in [0.2, 0.25) is 40.2 Å². The van der Waals surface area contributed by atoms with E-state index >= 15 is 0 Å². The first-order valence-electron chi connectivity index (χ1n) is 21.3. The van der Waals surface area contributed by atoms with Crippen LogP contribution in [0.5, 0.6) is 0 Å². The maximum Gasteiger partial charge on any atom is 0.108 e. The van der Waals surface area contributed by atoms with Crippen molar-refractivity contribution in [3.05, 3.63) is 137 Å². The zero-order valence-corrected chi connectivity index (χ0v) is 46.3. The molecular formula is C49H62BCl8P2Rh+. The van der Waals surface area contributed by atoms with Crippen LogP contribution in [0, 0.1) is 35.5 Å². The minimum Gasteiger partial charge on any atom is -0.192 e. The number of rotatable bonds is 15. The van der Waals surface area contributed by atoms with E-state index in [4.69, 9.17) is 92.8 Å². The van der Waals surface area contributed by atoms with Gasteiger partial charge in [-0.2, -0.15) is 21.9 Å². The van der Waals surface area contributed by atoms with Crippen LogP contribution >= 0.6 is 109 Å². The van der Waals surface area contributed by atoms with Crippen LogP contribution in [0.15, 0.2) is 97.1 Å². The summed E-state index contributed by atoms with van der Waals surface area (Å²) in [6.07, 6.45) is 17.9. The minimum absolute atomic E-state index is 0. The second kappa shape index (κ2) is 26.5. The Morgan fingerprint density at radius 3 is 0.738 bits per heavy atom. The number of fused-ring (bicyclic) bond motifs is 2. The largest absolute Gasteiger partial charge is 0.192 e. The Hall–Kier alpha value is 0.228. The Morgan fingerprint density at radius 2 is 0.590 bits per heavy atom. The molecule has 2 aliphatic rings. The van der Waals surface area contributed by atoms with Crippen molar-refractivity contribution < 1.29 is 19.5 Å². The Bertz CT molecular complexity index is 1710. The van der Waals surface area contributed by atoms with Gasteiger partial charge in [-0.05, 0) is 66.2 Å². The van der Waals surface area contributed by atoms with Crippen molar-refractivity contribution in [1.82, 2.24) is 0 Å². The number of benzene rings is 4. The van der Waals surface area contributed by atoms with Gasteiger partial charge in [0.15, 0.2) is 0 Å². The molecule has 0 N–H and O–H groups in total. The van der Waals surface area contributed by atoms with Gasteiger partial charge in [-0.3, -0.25) is 0 Å². The molecule has 0 amide bonds. The SMILES string of the molecule is C1=CC2C=CC1C2.CC(C)C[PH+](CC[PH+](CC(C)C)CC(C)C)CC(C)C.Clc1cc(Cl)cc([B-](c2cc(Cl)cc(Cl)c2)(c2cc(Cl)cc(Cl)c2)c2cc(Cl)cc(Cl)c2)c1.[Rh]. The van der Waals surface area contributed by atoms with E-state index in [-0.39, 0.29) is 35.3 Å². The van der Waals surface area contributed by atoms with E-state index in [2.05, 4.69) is 79.7 Å². The number of hydrogen-bond donors (Lipinski definition) is 0. The van der Waals surface area contributed by atoms with Crippen molar-refractivity contribution in [2.24, 2.45) is 35.5 Å². The minimum atomic E-state index is -2.04. The van der Waals surface area contributed by atoms with Crippen LogP contribution in [0.25, 0.3) is 0 Å². The van der Waals surface area contributed by atoms with E-state index in [1.54, 1.807) is 61.2 Å². The zero-order valence-electron chi connectivity index (χ0n) is 36.6. The van der Waals surface area contributed by atoms with Crippen molar-refractivity contribution in [1.29, 1.82) is 0 Å². The molecule has 0 nitrogen and oxygen atoms in total. The van der Waals surface area contributed by atoms with E-state index in [0.717, 1.165) is 57.4 Å². The van der Waals surface area contributed by atoms with E-state index in [1.807, 2.05) is 48.5 Å². The van der Waals surface area contributed by atoms with E-state index < -0.39 is 6.15 Å². The molecule has 4 aromatic carbocycles. The Morgan fingerprint density at radius 1 is 0.393 bits per heavy atom. The van der Waals surface area contributed by atoms with Crippen molar-refractivity contribution in [2.75, 3.05) is 37.0 Å². The average molecular weight is 1110 g/mol. The summed E-state index contributed by atoms with van der Waals surface area (Å²) in [5, 5.41) is 3.65. The molecule has 0 unspecified atom stereocenters. The fraction of sp³-hybridized carbons (Fsp3) is 0.429. The number of allylic oxidation sites excluding steroid dienone is 4. The predicted molar refractivity (Wildman–Crippen MR) is 285 cm³/mol. The molecule has 6 rings (SSSR count). The van der Waals surface area contributed by atoms with Crippen LogP contribution in [0.4, 0.5) is 0 Å². The summed E-state index contributed by atoms with van der Waals surface area (Å²) in [4.78, 5) is 0. The molecule has 0 aliphatic heterocycles. The second-order valence-electron chi connectivity index (χ2n) is 18.4. The third-order valence-electron chi connectivity index (χ3n) is 10.9. The molecule has 2 bridgehead atoms. The van der Waals surface area contributed by atoms with Gasteiger partial charge in [-0.1, -0.05) is 221 Å². The van der Waals surface area contributed by atoms with E-state index in [9.17, 15) is 0 Å². The van der Waals surface area contributed by atoms with Gasteiger partial charge < -0.3 is 0 Å². The van der Waals surface area contributed by atoms with Crippen LogP contribution in [-0.2, 0) is 19.5 Å². The summed E-state index contributed by atoms with van der Waals surface area (Å²) < 4.78 is 0. The first-order chi connectivity index (χ1) is 28.2. The van der Waals surface area contributed by atoms with Crippen molar-refractivity contribution in [3.8, 4) is 0 Å². The summed E-state index contributed by atoms with van der Waals surface area (Å²) in [6.45, 7) is 19.3. The summed E-state index contributed by atoms with van der Waals surface area (Å²) in [7, 11) is -0.167. The molecule has 335 valence electrons. The smallest absolute Gasteiger partial charge is 0.108 e. The van der Waals surface area contributed by atoms with Crippen LogP contribution in [-0.4, -0.2) is 43.1 Å². The van der Waals surface area contributed by atoms with Gasteiger partial charge >= 0.3 is 0 Å². The van der Waals surface area contributed by atoms with E-state index in [1.165, 1.54) is 6.42 Å². The van der Waals surface area contributed by atoms with Gasteiger partial charge in [0.05, 0.1) is 37.0 Å². The van der Waals surface area contributed by atoms with Crippen molar-refractivity contribution in [3.63, 3.8) is 0 Å². The number of halogens is 8. The fourth-order valence-corrected chi connectivity index (χ4v) is 19.8. The van der Waals surface area contributed by atoms with Crippen molar-refractivity contribution in [2.45, 2.75) is 61.8 Å². The van der Waals surface area contributed by atoms with E-state index in [0.29, 0.717) is 40.2 Å². The Kier molecular flexibility index (Phi) is 24.2. The van der Waals surface area contributed by atoms with Gasteiger partial charge in [-0.25, -0.2) is 0 Å². The molecular weight excluding hydrogens is 1050 g/mol. The predicted octanol–water partition coefficient (Wildman–Crippen LogP) is 16.1. The molecule has 0 saturated carbocycles. The third-order valence-corrected chi connectivity index (χ3v) is 20.7. The molecule has 0 spiro atoms. The quantitative estimate of drug-likeness (QED) is 0.0632. The first kappa shape index (κ1) is 55.6. The van der Waals surface area contributed by atoms with Gasteiger partial charge in [0.1, 0.15) is 6.15 Å². The normalized spacial score (nSPS) is 15.5. The molecule has 0 aromatic heterocycles. The molecule has 0 saturated heterocycles. The molecule has 0 heterocycles. The van der Waals surface area contributed by atoms with Gasteiger partial charge in [0.25, 0.3) is 0 Å². The van der Waals surface area contributed by atoms with Crippen LogP contribution < -0.4 is 21.9 Å². The molecule has 0 fully saturated rings. The van der Waals surface area contributed by atoms with Gasteiger partial charge in [-0.15, -0.1) is 0 Å². The van der Waals surface area contributed by atoms with Gasteiger partial charge in [0.2, 0.25) is 0 Å². The summed E-state index contributed by atoms with van der Waals surface area (Å²) >= 11 is 51.8. The van der Waals surface area contributed by atoms with Gasteiger partial charge in [0, 0.05) is 75.5 Å². The fourth-order valence-electron chi connectivity index (χ4n) is 9.02.